The second-order valence-corrected chi connectivity index (χ2v) is 6.14. The minimum atomic E-state index is -0.439. The van der Waals surface area contributed by atoms with Gasteiger partial charge < -0.3 is 9.80 Å². The zero-order chi connectivity index (χ0) is 14.8. The molecule has 3 nitrogen and oxygen atoms in total. The van der Waals surface area contributed by atoms with Crippen molar-refractivity contribution >= 4 is 22.2 Å². The van der Waals surface area contributed by atoms with Crippen LogP contribution in [0.15, 0.2) is 35.7 Å². The van der Waals surface area contributed by atoms with Crippen LogP contribution in [-0.2, 0) is 0 Å². The summed E-state index contributed by atoms with van der Waals surface area (Å²) >= 11 is 1.70. The molecule has 0 unspecified atom stereocenters. The molecule has 2 heterocycles. The minimum Gasteiger partial charge on any atom is -0.360 e. The first-order chi connectivity index (χ1) is 10.1. The van der Waals surface area contributed by atoms with Gasteiger partial charge in [0.25, 0.3) is 5.91 Å². The average molecular weight is 304 g/mol. The monoisotopic (exact) mass is 304 g/mol. The smallest absolute Gasteiger partial charge is 0.256 e. The number of rotatable bonds is 2. The van der Waals surface area contributed by atoms with E-state index < -0.39 is 5.82 Å². The van der Waals surface area contributed by atoms with Gasteiger partial charge in [-0.15, -0.1) is 11.3 Å². The van der Waals surface area contributed by atoms with Gasteiger partial charge in [0.2, 0.25) is 0 Å². The third kappa shape index (κ3) is 2.93. The maximum atomic E-state index is 13.8. The van der Waals surface area contributed by atoms with Crippen molar-refractivity contribution < 1.29 is 9.18 Å². The first-order valence-electron chi connectivity index (χ1n) is 6.99. The highest BCUT2D eigenvalue weighted by Gasteiger charge is 2.24. The first kappa shape index (κ1) is 14.1. The highest BCUT2D eigenvalue weighted by atomic mass is 32.1. The molecule has 1 aromatic carbocycles. The maximum Gasteiger partial charge on any atom is 0.256 e. The van der Waals surface area contributed by atoms with Crippen LogP contribution in [0.5, 0.6) is 0 Å². The van der Waals surface area contributed by atoms with Crippen LogP contribution in [0.4, 0.5) is 9.39 Å². The minimum absolute atomic E-state index is 0.180. The molecule has 1 aliphatic rings. The van der Waals surface area contributed by atoms with Crippen molar-refractivity contribution in [3.05, 3.63) is 52.7 Å². The summed E-state index contributed by atoms with van der Waals surface area (Å²) < 4.78 is 13.8. The normalized spacial score (nSPS) is 15.3. The van der Waals surface area contributed by atoms with E-state index in [1.807, 2.05) is 13.0 Å². The van der Waals surface area contributed by atoms with Gasteiger partial charge in [0, 0.05) is 26.2 Å². The number of carbonyl (C=O) groups is 1. The van der Waals surface area contributed by atoms with Crippen molar-refractivity contribution in [1.29, 1.82) is 0 Å². The molecular formula is C16H17FN2OS. The fraction of sp³-hybridized carbons (Fsp3) is 0.312. The Balaban J connectivity index is 1.69. The Morgan fingerprint density at radius 3 is 2.62 bits per heavy atom. The highest BCUT2D eigenvalue weighted by molar-refractivity contribution is 7.14. The van der Waals surface area contributed by atoms with E-state index in [9.17, 15) is 9.18 Å². The summed E-state index contributed by atoms with van der Waals surface area (Å²) in [6.07, 6.45) is 0. The van der Waals surface area contributed by atoms with Gasteiger partial charge in [0.15, 0.2) is 0 Å². The van der Waals surface area contributed by atoms with Crippen molar-refractivity contribution in [1.82, 2.24) is 4.90 Å². The lowest BCUT2D eigenvalue weighted by molar-refractivity contribution is 0.0742. The molecule has 21 heavy (non-hydrogen) atoms. The number of hydrogen-bond acceptors (Lipinski definition) is 3. The number of aryl methyl sites for hydroxylation is 1. The van der Waals surface area contributed by atoms with Crippen LogP contribution in [0.1, 0.15) is 15.9 Å². The van der Waals surface area contributed by atoms with Crippen LogP contribution in [-0.4, -0.2) is 37.0 Å². The summed E-state index contributed by atoms with van der Waals surface area (Å²) in [6, 6.07) is 8.79. The predicted octanol–water partition coefficient (Wildman–Crippen LogP) is 3.16. The van der Waals surface area contributed by atoms with E-state index in [0.717, 1.165) is 18.7 Å². The molecule has 1 aromatic heterocycles. The molecule has 0 aliphatic carbocycles. The Morgan fingerprint density at radius 2 is 1.95 bits per heavy atom. The van der Waals surface area contributed by atoms with Gasteiger partial charge in [-0.25, -0.2) is 4.39 Å². The molecule has 0 bridgehead atoms. The average Bonchev–Trinajstić information content (AvgIpc) is 3.03. The molecule has 0 radical (unpaired) electrons. The number of hydrogen-bond donors (Lipinski definition) is 0. The Kier molecular flexibility index (Phi) is 3.92. The lowest BCUT2D eigenvalue weighted by atomic mass is 10.1. The second kappa shape index (κ2) is 5.85. The SMILES string of the molecule is Cc1ccc(F)c(C(=O)N2CCN(c3cccs3)CC2)c1. The molecule has 0 N–H and O–H groups in total. The third-order valence-corrected chi connectivity index (χ3v) is 4.67. The van der Waals surface area contributed by atoms with Gasteiger partial charge in [-0.3, -0.25) is 4.79 Å². The van der Waals surface area contributed by atoms with Gasteiger partial charge in [-0.05, 0) is 36.6 Å². The molecule has 1 amide bonds. The van der Waals surface area contributed by atoms with E-state index in [1.54, 1.807) is 28.4 Å². The summed E-state index contributed by atoms with van der Waals surface area (Å²) in [6.45, 7) is 4.71. The van der Waals surface area contributed by atoms with Gasteiger partial charge in [-0.1, -0.05) is 11.6 Å². The van der Waals surface area contributed by atoms with Gasteiger partial charge >= 0.3 is 0 Å². The number of halogens is 1. The van der Waals surface area contributed by atoms with Crippen molar-refractivity contribution in [2.24, 2.45) is 0 Å². The lowest BCUT2D eigenvalue weighted by Gasteiger charge is -2.35. The van der Waals surface area contributed by atoms with Crippen molar-refractivity contribution in [2.45, 2.75) is 6.92 Å². The standard InChI is InChI=1S/C16H17FN2OS/c1-12-4-5-14(17)13(11-12)16(20)19-8-6-18(7-9-19)15-3-2-10-21-15/h2-5,10-11H,6-9H2,1H3. The van der Waals surface area contributed by atoms with Gasteiger partial charge in [0.05, 0.1) is 10.6 Å². The van der Waals surface area contributed by atoms with Crippen LogP contribution >= 0.6 is 11.3 Å². The molecule has 0 saturated carbocycles. The van der Waals surface area contributed by atoms with E-state index in [0.29, 0.717) is 13.1 Å². The Bertz CT molecular complexity index is 634. The Labute approximate surface area is 127 Å². The Hall–Kier alpha value is -1.88. The highest BCUT2D eigenvalue weighted by Crippen LogP contribution is 2.23. The third-order valence-electron chi connectivity index (χ3n) is 3.74. The molecule has 1 fully saturated rings. The van der Waals surface area contributed by atoms with Crippen molar-refractivity contribution in [3.8, 4) is 0 Å². The topological polar surface area (TPSA) is 23.6 Å². The number of anilines is 1. The van der Waals surface area contributed by atoms with Gasteiger partial charge in [0.1, 0.15) is 5.82 Å². The van der Waals surface area contributed by atoms with Crippen molar-refractivity contribution in [2.75, 3.05) is 31.1 Å². The molecule has 3 rings (SSSR count). The number of piperazine rings is 1. The van der Waals surface area contributed by atoms with Crippen LogP contribution in [0, 0.1) is 12.7 Å². The molecule has 5 heteroatoms. The zero-order valence-electron chi connectivity index (χ0n) is 11.9. The second-order valence-electron chi connectivity index (χ2n) is 5.21. The quantitative estimate of drug-likeness (QED) is 0.851. The molecule has 1 aliphatic heterocycles. The maximum absolute atomic E-state index is 13.8. The van der Waals surface area contributed by atoms with Gasteiger partial charge in [-0.2, -0.15) is 0 Å². The summed E-state index contributed by atoms with van der Waals surface area (Å²) in [5, 5.41) is 3.28. The van der Waals surface area contributed by atoms with E-state index in [-0.39, 0.29) is 11.5 Å². The molecule has 2 aromatic rings. The molecular weight excluding hydrogens is 287 g/mol. The number of nitrogens with zero attached hydrogens (tertiary/aromatic N) is 2. The fourth-order valence-corrected chi connectivity index (χ4v) is 3.34. The van der Waals surface area contributed by atoms with E-state index in [4.69, 9.17) is 0 Å². The van der Waals surface area contributed by atoms with E-state index in [1.165, 1.54) is 11.1 Å². The molecule has 0 atom stereocenters. The van der Waals surface area contributed by atoms with E-state index in [2.05, 4.69) is 16.3 Å². The van der Waals surface area contributed by atoms with E-state index >= 15 is 0 Å². The Morgan fingerprint density at radius 1 is 1.19 bits per heavy atom. The molecule has 0 spiro atoms. The van der Waals surface area contributed by atoms with Crippen molar-refractivity contribution in [3.63, 3.8) is 0 Å². The summed E-state index contributed by atoms with van der Waals surface area (Å²) in [4.78, 5) is 16.4. The van der Waals surface area contributed by atoms with Crippen LogP contribution < -0.4 is 4.90 Å². The number of carbonyl (C=O) groups excluding carboxylic acids is 1. The molecule has 110 valence electrons. The summed E-state index contributed by atoms with van der Waals surface area (Å²) in [5.74, 6) is -0.645. The number of thiophene rings is 1. The zero-order valence-corrected chi connectivity index (χ0v) is 12.7. The number of benzene rings is 1. The summed E-state index contributed by atoms with van der Waals surface area (Å²) in [5.41, 5.74) is 1.08. The first-order valence-corrected chi connectivity index (χ1v) is 7.87. The lowest BCUT2D eigenvalue weighted by Crippen LogP contribution is -2.48. The number of amides is 1. The van der Waals surface area contributed by atoms with Crippen LogP contribution in [0.3, 0.4) is 0 Å². The molecule has 1 saturated heterocycles. The largest absolute Gasteiger partial charge is 0.360 e. The fourth-order valence-electron chi connectivity index (χ4n) is 2.55. The van der Waals surface area contributed by atoms with Crippen LogP contribution in [0.25, 0.3) is 0 Å². The van der Waals surface area contributed by atoms with Crippen LogP contribution in [0.2, 0.25) is 0 Å². The summed E-state index contributed by atoms with van der Waals surface area (Å²) in [7, 11) is 0. The predicted molar refractivity (Wildman–Crippen MR) is 83.6 cm³/mol.